The molecule has 4 aromatic rings. The molecule has 1 heterocycles. The summed E-state index contributed by atoms with van der Waals surface area (Å²) in [5, 5.41) is 11.0. The van der Waals surface area contributed by atoms with Crippen LogP contribution in [0.4, 0.5) is 16.4 Å². The van der Waals surface area contributed by atoms with E-state index in [4.69, 9.17) is 10.1 Å². The Morgan fingerprint density at radius 1 is 0.862 bits per heavy atom. The molecule has 4 rings (SSSR count). The fourth-order valence-electron chi connectivity index (χ4n) is 3.01. The van der Waals surface area contributed by atoms with Crippen LogP contribution in [0.15, 0.2) is 84.9 Å². The molecule has 29 heavy (non-hydrogen) atoms. The number of anilines is 3. The van der Waals surface area contributed by atoms with Gasteiger partial charge in [0.1, 0.15) is 10.0 Å². The number of para-hydroxylation sites is 2. The topological polar surface area (TPSA) is 53.4 Å². The van der Waals surface area contributed by atoms with Gasteiger partial charge in [-0.1, -0.05) is 59.9 Å². The Hall–Kier alpha value is -2.84. The van der Waals surface area contributed by atoms with Crippen molar-refractivity contribution in [3.8, 4) is 10.6 Å². The van der Waals surface area contributed by atoms with Crippen molar-refractivity contribution in [3.05, 3.63) is 96.2 Å². The van der Waals surface area contributed by atoms with Crippen LogP contribution in [-0.2, 0) is 0 Å². The second kappa shape index (κ2) is 9.10. The average Bonchev–Trinajstić information content (AvgIpc) is 3.11. The van der Waals surface area contributed by atoms with Crippen LogP contribution in [0.2, 0.25) is 0 Å². The number of benzene rings is 3. The summed E-state index contributed by atoms with van der Waals surface area (Å²) in [7, 11) is 0. The molecule has 0 radical (unpaired) electrons. The molecule has 138 valence electrons. The molecule has 0 saturated carbocycles. The molecule has 4 nitrogen and oxygen atoms in total. The monoisotopic (exact) mass is 393 g/mol. The van der Waals surface area contributed by atoms with Crippen molar-refractivity contribution in [2.45, 2.75) is 6.92 Å². The first-order chi connectivity index (χ1) is 13.6. The van der Waals surface area contributed by atoms with Crippen molar-refractivity contribution in [3.63, 3.8) is 0 Å². The zero-order chi connectivity index (χ0) is 19.5. The Labute approximate surface area is 185 Å². The maximum absolute atomic E-state index is 11.1. The van der Waals surface area contributed by atoms with Gasteiger partial charge in [-0.25, -0.2) is 9.78 Å². The van der Waals surface area contributed by atoms with Gasteiger partial charge < -0.3 is 10.0 Å². The summed E-state index contributed by atoms with van der Waals surface area (Å²) in [6.45, 7) is 2.00. The van der Waals surface area contributed by atoms with Crippen LogP contribution in [-0.4, -0.2) is 16.1 Å². The van der Waals surface area contributed by atoms with E-state index in [-0.39, 0.29) is 24.4 Å². The van der Waals surface area contributed by atoms with Gasteiger partial charge in [0, 0.05) is 16.9 Å². The summed E-state index contributed by atoms with van der Waals surface area (Å²) in [6.07, 6.45) is 0. The minimum atomic E-state index is -0.929. The van der Waals surface area contributed by atoms with Crippen molar-refractivity contribution in [2.24, 2.45) is 0 Å². The van der Waals surface area contributed by atoms with E-state index in [1.165, 1.54) is 0 Å². The molecule has 0 unspecified atom stereocenters. The van der Waals surface area contributed by atoms with Crippen LogP contribution < -0.4 is 23.8 Å². The zero-order valence-electron chi connectivity index (χ0n) is 16.2. The SMILES string of the molecule is Cc1nc(-c2ccc(C(=O)O)cc2)sc1N(c1ccccc1)c1ccccc1.[Li+]. The van der Waals surface area contributed by atoms with E-state index in [0.717, 1.165) is 32.6 Å². The summed E-state index contributed by atoms with van der Waals surface area (Å²) >= 11 is 1.59. The Morgan fingerprint density at radius 2 is 1.38 bits per heavy atom. The molecule has 0 amide bonds. The Bertz CT molecular complexity index is 1060. The van der Waals surface area contributed by atoms with Crippen LogP contribution in [0.3, 0.4) is 0 Å². The number of hydrogen-bond acceptors (Lipinski definition) is 4. The number of aromatic carboxylic acids is 1. The molecule has 0 aliphatic rings. The van der Waals surface area contributed by atoms with E-state index in [1.54, 1.807) is 35.6 Å². The molecule has 0 atom stereocenters. The van der Waals surface area contributed by atoms with Crippen LogP contribution in [0, 0.1) is 6.92 Å². The zero-order valence-corrected chi connectivity index (χ0v) is 17.1. The predicted molar refractivity (Wildman–Crippen MR) is 114 cm³/mol. The molecule has 0 fully saturated rings. The van der Waals surface area contributed by atoms with E-state index >= 15 is 0 Å². The molecule has 1 aromatic heterocycles. The summed E-state index contributed by atoms with van der Waals surface area (Å²) in [6, 6.07) is 27.2. The molecular weight excluding hydrogens is 375 g/mol. The smallest absolute Gasteiger partial charge is 0.478 e. The van der Waals surface area contributed by atoms with Crippen molar-refractivity contribution >= 4 is 33.7 Å². The number of rotatable bonds is 5. The van der Waals surface area contributed by atoms with E-state index in [0.29, 0.717) is 0 Å². The first-order valence-electron chi connectivity index (χ1n) is 8.85. The number of carboxylic acid groups (broad SMARTS) is 1. The number of hydrogen-bond donors (Lipinski definition) is 1. The molecule has 6 heteroatoms. The third-order valence-electron chi connectivity index (χ3n) is 4.38. The summed E-state index contributed by atoms with van der Waals surface area (Å²) in [5.74, 6) is -0.929. The van der Waals surface area contributed by atoms with E-state index in [1.807, 2.05) is 43.3 Å². The number of thiazole rings is 1. The van der Waals surface area contributed by atoms with Gasteiger partial charge in [0.25, 0.3) is 0 Å². The van der Waals surface area contributed by atoms with Crippen molar-refractivity contribution in [2.75, 3.05) is 4.90 Å². The number of nitrogens with zero attached hydrogens (tertiary/aromatic N) is 2. The van der Waals surface area contributed by atoms with Crippen molar-refractivity contribution in [1.82, 2.24) is 4.98 Å². The van der Waals surface area contributed by atoms with Gasteiger partial charge in [0.2, 0.25) is 0 Å². The Morgan fingerprint density at radius 3 is 1.86 bits per heavy atom. The van der Waals surface area contributed by atoms with Crippen LogP contribution in [0.1, 0.15) is 16.1 Å². The average molecular weight is 393 g/mol. The number of carboxylic acids is 1. The molecular formula is C23H18LiN2O2S+. The molecule has 0 saturated heterocycles. The standard InChI is InChI=1S/C23H18N2O2S.Li/c1-16-22(28-21(24-16)17-12-14-18(15-13-17)23(26)27)25(19-8-4-2-5-9-19)20-10-6-3-7-11-20;/h2-15H,1H3,(H,26,27);/q;+1. The first kappa shape index (κ1) is 20.9. The maximum Gasteiger partial charge on any atom is 1.00 e. The van der Waals surface area contributed by atoms with Gasteiger partial charge in [-0.05, 0) is 43.3 Å². The van der Waals surface area contributed by atoms with Gasteiger partial charge in [-0.3, -0.25) is 0 Å². The number of carbonyl (C=O) groups is 1. The normalized spacial score (nSPS) is 10.2. The quantitative estimate of drug-likeness (QED) is 0.529. The number of aryl methyl sites for hydroxylation is 1. The third-order valence-corrected chi connectivity index (χ3v) is 5.57. The molecule has 1 N–H and O–H groups in total. The Kier molecular flexibility index (Phi) is 6.56. The number of aromatic nitrogens is 1. The maximum atomic E-state index is 11.1. The van der Waals surface area contributed by atoms with Crippen molar-refractivity contribution in [1.29, 1.82) is 0 Å². The fourth-order valence-corrected chi connectivity index (χ4v) is 4.13. The minimum Gasteiger partial charge on any atom is -0.478 e. The summed E-state index contributed by atoms with van der Waals surface area (Å²) < 4.78 is 0. The largest absolute Gasteiger partial charge is 1.00 e. The fraction of sp³-hybridized carbons (Fsp3) is 0.0435. The van der Waals surface area contributed by atoms with Gasteiger partial charge in [0.15, 0.2) is 0 Å². The second-order valence-electron chi connectivity index (χ2n) is 6.30. The van der Waals surface area contributed by atoms with Gasteiger partial charge in [-0.15, -0.1) is 0 Å². The van der Waals surface area contributed by atoms with Gasteiger partial charge in [0.05, 0.1) is 11.3 Å². The predicted octanol–water partition coefficient (Wildman–Crippen LogP) is 3.29. The van der Waals surface area contributed by atoms with E-state index in [9.17, 15) is 4.79 Å². The van der Waals surface area contributed by atoms with E-state index < -0.39 is 5.97 Å². The molecule has 0 aliphatic heterocycles. The second-order valence-corrected chi connectivity index (χ2v) is 7.28. The van der Waals surface area contributed by atoms with E-state index in [2.05, 4.69) is 29.2 Å². The van der Waals surface area contributed by atoms with Gasteiger partial charge >= 0.3 is 24.8 Å². The third kappa shape index (κ3) is 4.43. The molecule has 0 spiro atoms. The van der Waals surface area contributed by atoms with Crippen LogP contribution in [0.5, 0.6) is 0 Å². The summed E-state index contributed by atoms with van der Waals surface area (Å²) in [5.41, 5.74) is 4.23. The minimum absolute atomic E-state index is 0. The molecule has 0 aliphatic carbocycles. The molecule has 0 bridgehead atoms. The van der Waals surface area contributed by atoms with Crippen molar-refractivity contribution < 1.29 is 28.8 Å². The first-order valence-corrected chi connectivity index (χ1v) is 9.66. The van der Waals surface area contributed by atoms with Crippen LogP contribution >= 0.6 is 11.3 Å². The molecule has 3 aromatic carbocycles. The van der Waals surface area contributed by atoms with Gasteiger partial charge in [-0.2, -0.15) is 0 Å². The van der Waals surface area contributed by atoms with Crippen LogP contribution in [0.25, 0.3) is 10.6 Å². The Balaban J connectivity index is 0.00000240. The summed E-state index contributed by atoms with van der Waals surface area (Å²) in [4.78, 5) is 18.0.